The Balaban J connectivity index is 1.83. The average Bonchev–Trinajstić information content (AvgIpc) is 2.91. The van der Waals surface area contributed by atoms with E-state index in [0.29, 0.717) is 5.58 Å². The fraction of sp³-hybridized carbons (Fsp3) is 0.0625. The van der Waals surface area contributed by atoms with Crippen molar-refractivity contribution in [2.75, 3.05) is 5.75 Å². The van der Waals surface area contributed by atoms with Crippen molar-refractivity contribution in [3.05, 3.63) is 66.2 Å². The van der Waals surface area contributed by atoms with Crippen molar-refractivity contribution in [1.82, 2.24) is 0 Å². The van der Waals surface area contributed by atoms with Crippen molar-refractivity contribution in [2.24, 2.45) is 0 Å². The van der Waals surface area contributed by atoms with Gasteiger partial charge >= 0.3 is 0 Å². The molecule has 5 heteroatoms. The van der Waals surface area contributed by atoms with Gasteiger partial charge in [-0.15, -0.1) is 0 Å². The molecule has 0 spiro atoms. The van der Waals surface area contributed by atoms with E-state index in [-0.39, 0.29) is 16.4 Å². The van der Waals surface area contributed by atoms with E-state index in [2.05, 4.69) is 0 Å². The second-order valence-electron chi connectivity index (χ2n) is 4.49. The van der Waals surface area contributed by atoms with Crippen molar-refractivity contribution in [1.29, 1.82) is 0 Å². The fourth-order valence-corrected chi connectivity index (χ4v) is 3.07. The Kier molecular flexibility index (Phi) is 3.66. The first-order valence-electron chi connectivity index (χ1n) is 6.30. The number of Topliss-reactive ketones (excluding diaryl/α,β-unsaturated/α-hetero) is 1. The lowest BCUT2D eigenvalue weighted by atomic mass is 10.2. The predicted molar refractivity (Wildman–Crippen MR) is 78.2 cm³/mol. The first-order valence-corrected chi connectivity index (χ1v) is 7.62. The summed E-state index contributed by atoms with van der Waals surface area (Å²) in [7, 11) is -1.73. The number of furan rings is 1. The van der Waals surface area contributed by atoms with Crippen LogP contribution in [0.15, 0.2) is 63.9 Å². The molecule has 0 N–H and O–H groups in total. The largest absolute Gasteiger partial charge is 0.453 e. The highest BCUT2D eigenvalue weighted by atomic mass is 32.2. The van der Waals surface area contributed by atoms with Gasteiger partial charge in [-0.2, -0.15) is 0 Å². The summed E-state index contributed by atoms with van der Waals surface area (Å²) in [5.74, 6) is -1.15. The summed E-state index contributed by atoms with van der Waals surface area (Å²) in [6.45, 7) is 0. The maximum absolute atomic E-state index is 13.5. The summed E-state index contributed by atoms with van der Waals surface area (Å²) in [6, 6.07) is 14.6. The van der Waals surface area contributed by atoms with Crippen LogP contribution in [0.5, 0.6) is 0 Å². The van der Waals surface area contributed by atoms with Gasteiger partial charge in [0.25, 0.3) is 0 Å². The highest BCUT2D eigenvalue weighted by Crippen LogP contribution is 2.20. The maximum Gasteiger partial charge on any atom is 0.210 e. The molecule has 3 nitrogen and oxygen atoms in total. The van der Waals surface area contributed by atoms with Crippen molar-refractivity contribution in [3.8, 4) is 0 Å². The average molecular weight is 302 g/mol. The van der Waals surface area contributed by atoms with Gasteiger partial charge in [0.2, 0.25) is 5.78 Å². The molecule has 1 aromatic heterocycles. The van der Waals surface area contributed by atoms with E-state index in [1.54, 1.807) is 24.3 Å². The number of halogens is 1. The van der Waals surface area contributed by atoms with Crippen molar-refractivity contribution >= 4 is 27.6 Å². The van der Waals surface area contributed by atoms with E-state index in [0.717, 1.165) is 5.39 Å². The molecule has 0 bridgehead atoms. The number of fused-ring (bicyclic) bond motifs is 1. The molecule has 1 atom stereocenters. The third kappa shape index (κ3) is 2.78. The summed E-state index contributed by atoms with van der Waals surface area (Å²) in [6.07, 6.45) is 0. The van der Waals surface area contributed by atoms with Crippen LogP contribution in [-0.2, 0) is 10.8 Å². The topological polar surface area (TPSA) is 47.3 Å². The summed E-state index contributed by atoms with van der Waals surface area (Å²) in [5.41, 5.74) is 0.595. The van der Waals surface area contributed by atoms with Crippen LogP contribution in [0.2, 0.25) is 0 Å². The minimum Gasteiger partial charge on any atom is -0.453 e. The lowest BCUT2D eigenvalue weighted by molar-refractivity contribution is 0.0993. The highest BCUT2D eigenvalue weighted by Gasteiger charge is 2.18. The molecule has 0 aliphatic carbocycles. The van der Waals surface area contributed by atoms with Gasteiger partial charge in [-0.3, -0.25) is 9.00 Å². The Bertz CT molecular complexity index is 805. The summed E-state index contributed by atoms with van der Waals surface area (Å²) >= 11 is 0. The molecule has 0 fully saturated rings. The highest BCUT2D eigenvalue weighted by molar-refractivity contribution is 7.85. The second kappa shape index (κ2) is 5.61. The molecule has 106 valence electrons. The number of para-hydroxylation sites is 1. The maximum atomic E-state index is 13.5. The first kappa shape index (κ1) is 13.7. The van der Waals surface area contributed by atoms with Crippen molar-refractivity contribution in [2.45, 2.75) is 4.90 Å². The number of benzene rings is 2. The molecule has 3 rings (SSSR count). The van der Waals surface area contributed by atoms with Crippen LogP contribution in [0.4, 0.5) is 4.39 Å². The molecule has 1 unspecified atom stereocenters. The predicted octanol–water partition coefficient (Wildman–Crippen LogP) is 3.56. The minimum atomic E-state index is -1.73. The standard InChI is InChI=1S/C16H11FO3S/c17-12-6-2-4-8-16(12)21(19)10-13(18)15-9-11-5-1-3-7-14(11)20-15/h1-9H,10H2. The fourth-order valence-electron chi connectivity index (χ4n) is 2.02. The number of carbonyl (C=O) groups is 1. The molecule has 0 aliphatic heterocycles. The van der Waals surface area contributed by atoms with E-state index in [1.165, 1.54) is 18.2 Å². The Hall–Kier alpha value is -2.27. The van der Waals surface area contributed by atoms with Crippen molar-refractivity contribution < 1.29 is 17.8 Å². The first-order chi connectivity index (χ1) is 10.1. The molecule has 0 aliphatic rings. The number of ketones is 1. The number of hydrogen-bond acceptors (Lipinski definition) is 3. The number of hydrogen-bond donors (Lipinski definition) is 0. The molecule has 0 amide bonds. The Morgan fingerprint density at radius 2 is 1.81 bits per heavy atom. The second-order valence-corrected chi connectivity index (χ2v) is 5.91. The Morgan fingerprint density at radius 1 is 1.10 bits per heavy atom. The molecule has 1 heterocycles. The van der Waals surface area contributed by atoms with E-state index in [4.69, 9.17) is 4.42 Å². The smallest absolute Gasteiger partial charge is 0.210 e. The van der Waals surface area contributed by atoms with Gasteiger partial charge in [0, 0.05) is 5.39 Å². The van der Waals surface area contributed by atoms with Gasteiger partial charge in [0.1, 0.15) is 11.4 Å². The van der Waals surface area contributed by atoms with Crippen LogP contribution in [-0.4, -0.2) is 15.7 Å². The summed E-state index contributed by atoms with van der Waals surface area (Å²) < 4.78 is 31.0. The van der Waals surface area contributed by atoms with E-state index < -0.39 is 22.4 Å². The number of carbonyl (C=O) groups excluding carboxylic acids is 1. The SMILES string of the molecule is O=C(CS(=O)c1ccccc1F)c1cc2ccccc2o1. The van der Waals surface area contributed by atoms with Gasteiger partial charge in [0.15, 0.2) is 5.76 Å². The van der Waals surface area contributed by atoms with E-state index in [9.17, 15) is 13.4 Å². The van der Waals surface area contributed by atoms with Gasteiger partial charge in [-0.1, -0.05) is 30.3 Å². The quantitative estimate of drug-likeness (QED) is 0.692. The minimum absolute atomic E-state index is 0.0296. The molecule has 0 saturated heterocycles. The van der Waals surface area contributed by atoms with Gasteiger partial charge in [0.05, 0.1) is 21.4 Å². The molecule has 2 aromatic carbocycles. The molecular formula is C16H11FO3S. The molecule has 21 heavy (non-hydrogen) atoms. The molecular weight excluding hydrogens is 291 g/mol. The third-order valence-electron chi connectivity index (χ3n) is 3.04. The van der Waals surface area contributed by atoms with Gasteiger partial charge < -0.3 is 4.42 Å². The Morgan fingerprint density at radius 3 is 2.57 bits per heavy atom. The van der Waals surface area contributed by atoms with Crippen LogP contribution in [0.25, 0.3) is 11.0 Å². The van der Waals surface area contributed by atoms with Crippen molar-refractivity contribution in [3.63, 3.8) is 0 Å². The molecule has 3 aromatic rings. The third-order valence-corrected chi connectivity index (χ3v) is 4.39. The summed E-state index contributed by atoms with van der Waals surface area (Å²) in [4.78, 5) is 12.1. The zero-order chi connectivity index (χ0) is 14.8. The van der Waals surface area contributed by atoms with Crippen LogP contribution in [0.1, 0.15) is 10.6 Å². The van der Waals surface area contributed by atoms with Crippen LogP contribution < -0.4 is 0 Å². The van der Waals surface area contributed by atoms with Crippen LogP contribution >= 0.6 is 0 Å². The lowest BCUT2D eigenvalue weighted by Gasteiger charge is -2.01. The lowest BCUT2D eigenvalue weighted by Crippen LogP contribution is -2.11. The Labute approximate surface area is 122 Å². The van der Waals surface area contributed by atoms with Crippen LogP contribution in [0, 0.1) is 5.82 Å². The van der Waals surface area contributed by atoms with Crippen LogP contribution in [0.3, 0.4) is 0 Å². The zero-order valence-electron chi connectivity index (χ0n) is 10.9. The van der Waals surface area contributed by atoms with E-state index >= 15 is 0 Å². The zero-order valence-corrected chi connectivity index (χ0v) is 11.7. The number of rotatable bonds is 4. The normalized spacial score (nSPS) is 12.4. The van der Waals surface area contributed by atoms with Gasteiger partial charge in [-0.05, 0) is 24.3 Å². The van der Waals surface area contributed by atoms with E-state index in [1.807, 2.05) is 12.1 Å². The monoisotopic (exact) mass is 302 g/mol. The summed E-state index contributed by atoms with van der Waals surface area (Å²) in [5, 5.41) is 0.803. The van der Waals surface area contributed by atoms with Gasteiger partial charge in [-0.25, -0.2) is 4.39 Å². The molecule has 0 saturated carbocycles. The molecule has 0 radical (unpaired) electrons.